The zero-order valence-corrected chi connectivity index (χ0v) is 89.3. The van der Waals surface area contributed by atoms with Crippen molar-refractivity contribution in [3.63, 3.8) is 0 Å². The average Bonchev–Trinajstić information content (AvgIpc) is 1.60. The first kappa shape index (κ1) is 112. The van der Waals surface area contributed by atoms with E-state index >= 15 is 0 Å². The van der Waals surface area contributed by atoms with Crippen LogP contribution < -0.4 is 17.2 Å². The number of aldehydes is 2. The summed E-state index contributed by atoms with van der Waals surface area (Å²) in [5.41, 5.74) is 21.0. The summed E-state index contributed by atoms with van der Waals surface area (Å²) in [4.78, 5) is 60.2. The van der Waals surface area contributed by atoms with E-state index in [1.807, 2.05) is 24.4 Å². The molecule has 0 bridgehead atoms. The maximum atomic E-state index is 13.1. The Labute approximate surface area is 839 Å². The van der Waals surface area contributed by atoms with Crippen molar-refractivity contribution in [1.29, 1.82) is 0 Å². The molecule has 0 saturated heterocycles. The Morgan fingerprint density at radius 1 is 0.385 bits per heavy atom. The fraction of sp³-hybridized carbons (Fsp3) is 0.156. The number of anilines is 3. The number of carbonyl (C=O) groups is 2. The Morgan fingerprint density at radius 2 is 0.711 bits per heavy atom. The lowest BCUT2D eigenvalue weighted by Gasteiger charge is -2.10. The highest BCUT2D eigenvalue weighted by Gasteiger charge is 2.29. The molecule has 0 aliphatic carbocycles. The molecule has 28 nitrogen and oxygen atoms in total. The van der Waals surface area contributed by atoms with Crippen LogP contribution in [0.4, 0.5) is 17.5 Å². The molecule has 4 aromatic carbocycles. The lowest BCUT2D eigenvalue weighted by molar-refractivity contribution is 0.111. The van der Waals surface area contributed by atoms with Crippen LogP contribution in [0.2, 0.25) is 102 Å². The van der Waals surface area contributed by atoms with Gasteiger partial charge in [-0.2, -0.15) is 0 Å². The summed E-state index contributed by atoms with van der Waals surface area (Å²) in [5, 5.41) is 27.0. The van der Waals surface area contributed by atoms with Crippen LogP contribution in [0, 0.1) is 0 Å². The lowest BCUT2D eigenvalue weighted by atomic mass is 10.0. The normalized spacial score (nSPS) is 11.6. The predicted molar refractivity (Wildman–Crippen MR) is 565 cm³/mol. The highest BCUT2D eigenvalue weighted by atomic mass is 79.9. The van der Waals surface area contributed by atoms with E-state index in [9.17, 15) is 53.5 Å². The highest BCUT2D eigenvalue weighted by molar-refractivity contribution is 9.10. The van der Waals surface area contributed by atoms with E-state index in [0.29, 0.717) is 98.5 Å². The topological polar surface area (TPSA) is 439 Å². The largest absolute Gasteiger partial charge is 0.384 e. The maximum absolute atomic E-state index is 13.1. The second-order valence-electron chi connectivity index (χ2n) is 31.0. The molecule has 712 valence electrons. The SMILES string of the molecule is C[SiH](C)CC[SiH](C)C.C[SiH](C)CC[SiH](C)C.Cl.Cl.Clc1cnc2[nH]ccc2c1.Nc1ccc(Br)cn1.Nc1ccc(C(O)c2cn(S(=O)(=O)c3ccccc3)c3ncc(Cl)cc23)cn1.Nc1ccc(C(O)c2cn(S(=O)(=O)c3ccccc3)c3ncc(Cl)cc23)cn1.O=Cc1c[nH]c2ncc(Cl)cc12.O=Cc1cn(S(=O)(=O)c2ccccc2)c2ncc(Cl)cc12.O=S(=O)(Cl)c1ccccc1. The van der Waals surface area contributed by atoms with E-state index < -0.39 is 51.3 Å². The number of halogens is 9. The minimum absolute atomic E-state index is 0. The van der Waals surface area contributed by atoms with E-state index in [0.717, 1.165) is 39.1 Å². The molecule has 13 heterocycles. The van der Waals surface area contributed by atoms with Crippen LogP contribution in [0.1, 0.15) is 55.2 Å². The second-order valence-corrected chi connectivity index (χ2v) is 55.6. The number of hydrogen-bond acceptors (Lipinski definition) is 23. The molecule has 0 spiro atoms. The molecule has 2 atom stereocenters. The summed E-state index contributed by atoms with van der Waals surface area (Å²) in [6.07, 6.45) is 18.3. The zero-order chi connectivity index (χ0) is 97.1. The molecule has 2 unspecified atom stereocenters. The van der Waals surface area contributed by atoms with E-state index in [1.54, 1.807) is 164 Å². The van der Waals surface area contributed by atoms with Crippen LogP contribution >= 0.6 is 109 Å². The Morgan fingerprint density at radius 3 is 1.04 bits per heavy atom. The van der Waals surface area contributed by atoms with E-state index in [2.05, 4.69) is 118 Å². The molecule has 0 radical (unpaired) electrons. The molecule has 0 aliphatic heterocycles. The van der Waals surface area contributed by atoms with E-state index in [1.165, 1.54) is 110 Å². The Hall–Kier alpha value is -10.1. The minimum atomic E-state index is -3.92. The average molecular weight is 2200 g/mol. The molecular formula is C90H97BrCl8N16O12S4Si4. The van der Waals surface area contributed by atoms with Crippen molar-refractivity contribution in [1.82, 2.24) is 61.8 Å². The van der Waals surface area contributed by atoms with E-state index in [-0.39, 0.29) is 102 Å². The van der Waals surface area contributed by atoms with Crippen molar-refractivity contribution in [2.75, 3.05) is 17.2 Å². The number of pyridine rings is 8. The van der Waals surface area contributed by atoms with Crippen LogP contribution in [0.3, 0.4) is 0 Å². The molecular weight excluding hydrogens is 2100 g/mol. The van der Waals surface area contributed by atoms with Gasteiger partial charge in [-0.15, -0.1) is 24.8 Å². The molecule has 17 rings (SSSR count). The number of aliphatic hydroxyl groups excluding tert-OH is 2. The van der Waals surface area contributed by atoms with Gasteiger partial charge in [0.05, 0.1) is 44.7 Å². The van der Waals surface area contributed by atoms with Gasteiger partial charge in [-0.05, 0) is 125 Å². The number of nitrogens with zero attached hydrogens (tertiary/aromatic N) is 11. The van der Waals surface area contributed by atoms with Gasteiger partial charge >= 0.3 is 0 Å². The Bertz CT molecular complexity index is 6980. The summed E-state index contributed by atoms with van der Waals surface area (Å²) < 4.78 is 103. The lowest BCUT2D eigenvalue weighted by Crippen LogP contribution is -2.12. The number of H-pyrrole nitrogens is 2. The van der Waals surface area contributed by atoms with Gasteiger partial charge in [0, 0.05) is 191 Å². The first-order chi connectivity index (χ1) is 63.1. The van der Waals surface area contributed by atoms with Gasteiger partial charge in [-0.3, -0.25) is 9.59 Å². The monoisotopic (exact) mass is 2190 g/mol. The summed E-state index contributed by atoms with van der Waals surface area (Å²) in [7, 11) is -10.9. The summed E-state index contributed by atoms with van der Waals surface area (Å²) in [5.74, 6) is 1.18. The number of aromatic nitrogens is 13. The highest BCUT2D eigenvalue weighted by Crippen LogP contribution is 2.37. The Balaban J connectivity index is 0.000000216. The van der Waals surface area contributed by atoms with Crippen molar-refractivity contribution in [3.8, 4) is 0 Å². The third-order valence-corrected chi connectivity index (χ3v) is 34.3. The predicted octanol–water partition coefficient (Wildman–Crippen LogP) is 20.8. The van der Waals surface area contributed by atoms with Crippen molar-refractivity contribution in [2.45, 2.75) is 108 Å². The number of carbonyl (C=O) groups excluding carboxylic acids is 2. The van der Waals surface area contributed by atoms with Crippen LogP contribution in [-0.2, 0) is 39.1 Å². The van der Waals surface area contributed by atoms with Crippen molar-refractivity contribution >= 4 is 269 Å². The van der Waals surface area contributed by atoms with Gasteiger partial charge in [-0.25, -0.2) is 85.5 Å². The Kier molecular flexibility index (Phi) is 43.5. The van der Waals surface area contributed by atoms with Gasteiger partial charge in [0.1, 0.15) is 41.0 Å². The van der Waals surface area contributed by atoms with Crippen LogP contribution in [0.5, 0.6) is 0 Å². The van der Waals surface area contributed by atoms with Crippen molar-refractivity contribution in [3.05, 3.63) is 338 Å². The number of aliphatic hydroxyl groups is 2. The number of fused-ring (bicyclic) bond motifs is 5. The second kappa shape index (κ2) is 52.5. The summed E-state index contributed by atoms with van der Waals surface area (Å²) in [6.45, 7) is 19.5. The van der Waals surface area contributed by atoms with Gasteiger partial charge in [-0.1, -0.05) is 219 Å². The van der Waals surface area contributed by atoms with Crippen molar-refractivity contribution in [2.24, 2.45) is 0 Å². The number of nitrogen functional groups attached to an aromatic ring is 3. The maximum Gasteiger partial charge on any atom is 0.269 e. The fourth-order valence-electron chi connectivity index (χ4n) is 12.3. The number of benzene rings is 4. The first-order valence-corrected chi connectivity index (χ1v) is 62.6. The molecule has 0 saturated carbocycles. The number of nitrogens with one attached hydrogen (secondary N) is 2. The smallest absolute Gasteiger partial charge is 0.269 e. The molecule has 13 aromatic heterocycles. The van der Waals surface area contributed by atoms with Gasteiger partial charge < -0.3 is 37.4 Å². The molecule has 45 heteroatoms. The van der Waals surface area contributed by atoms with Gasteiger partial charge in [0.25, 0.3) is 39.1 Å². The van der Waals surface area contributed by atoms with Gasteiger partial charge in [0.2, 0.25) is 0 Å². The third-order valence-electron chi connectivity index (χ3n) is 19.1. The minimum Gasteiger partial charge on any atom is -0.384 e. The zero-order valence-electron chi connectivity index (χ0n) is 73.7. The molecule has 0 fully saturated rings. The quantitative estimate of drug-likeness (QED) is 0.0225. The van der Waals surface area contributed by atoms with Crippen LogP contribution in [-0.4, -0.2) is 153 Å². The molecule has 10 N–H and O–H groups in total. The fourth-order valence-corrected chi connectivity index (χ4v) is 28.8. The molecule has 0 amide bonds. The van der Waals surface area contributed by atoms with Gasteiger partial charge in [0.15, 0.2) is 29.5 Å². The molecule has 0 aliphatic rings. The standard InChI is InChI=1S/2C19H15ClN4O3S.C14H9ClN2O3S.C8H5ClN2O.C7H5ClN2.C6H5ClO2S.2C6H18Si2.C5H5BrN2.2ClH/c2*20-13-8-15-16(18(25)12-6-7-17(21)22-9-12)11-24(19(15)23-10-13)28(26,27)14-4-2-1-3-5-14;15-11-6-13-10(9-18)8-17(14(13)16-7-11)21(19,20)12-4-2-1-3-5-12;9-6-1-7-5(4-12)2-10-8(7)11-3-6;8-6-3-5-1-2-9-7(5)10-4-6;7-10(8,9)6-4-2-1-3-5-6;2*1-7(2)5-6-8(3)4;6-4-1-2-5(7)8-3-4;;/h2*1-11,18,25H,(H2,21,22);1-9H;1-4H,(H,10,11);1-4H,(H,9,10);1-5H;2*7-8H,5-6H2,1-4H3;1-3H,(H2,7,8);2*1H. The number of rotatable bonds is 19. The number of hydrogen-bond donors (Lipinski definition) is 7. The van der Waals surface area contributed by atoms with Crippen molar-refractivity contribution < 1.29 is 53.5 Å². The first-order valence-electron chi connectivity index (χ1n) is 40.8. The molecule has 135 heavy (non-hydrogen) atoms. The van der Waals surface area contributed by atoms with Crippen LogP contribution in [0.15, 0.2) is 299 Å². The van der Waals surface area contributed by atoms with E-state index in [4.69, 9.17) is 85.9 Å². The third kappa shape index (κ3) is 32.0. The number of nitrogens with two attached hydrogens (primary N) is 3. The summed E-state index contributed by atoms with van der Waals surface area (Å²) >= 11 is 32.6. The molecule has 17 aromatic rings. The summed E-state index contributed by atoms with van der Waals surface area (Å²) in [6, 6.07) is 58.3. The number of aromatic amines is 2. The van der Waals surface area contributed by atoms with Crippen LogP contribution in [0.25, 0.3) is 55.2 Å².